The molecular formula is C16H25ClFN. The van der Waals surface area contributed by atoms with Crippen LogP contribution in [0.4, 0.5) is 4.39 Å². The topological polar surface area (TPSA) is 12.0 Å². The average molecular weight is 286 g/mol. The average Bonchev–Trinajstić information content (AvgIpc) is 2.39. The zero-order chi connectivity index (χ0) is 14.5. The van der Waals surface area contributed by atoms with Crippen LogP contribution in [0, 0.1) is 11.2 Å². The van der Waals surface area contributed by atoms with Gasteiger partial charge in [-0.3, -0.25) is 0 Å². The number of hydrogen-bond donors (Lipinski definition) is 1. The number of rotatable bonds is 7. The van der Waals surface area contributed by atoms with Gasteiger partial charge in [0.25, 0.3) is 0 Å². The molecule has 0 spiro atoms. The Balaban J connectivity index is 2.91. The van der Waals surface area contributed by atoms with Crippen LogP contribution in [0.15, 0.2) is 18.2 Å². The molecule has 0 radical (unpaired) electrons. The molecule has 1 rings (SSSR count). The first kappa shape index (κ1) is 16.5. The lowest BCUT2D eigenvalue weighted by Gasteiger charge is -2.33. The second kappa shape index (κ2) is 7.25. The number of nitrogens with one attached hydrogen (secondary N) is 1. The van der Waals surface area contributed by atoms with Gasteiger partial charge in [0, 0.05) is 12.6 Å². The monoisotopic (exact) mass is 285 g/mol. The van der Waals surface area contributed by atoms with E-state index in [1.807, 2.05) is 6.07 Å². The van der Waals surface area contributed by atoms with Gasteiger partial charge in [-0.05, 0) is 36.3 Å². The molecule has 0 unspecified atom stereocenters. The normalized spacial score (nSPS) is 12.2. The standard InChI is InChI=1S/C16H25ClFN/c1-5-16(6-2,11-19-12(3)4)10-13-8-7-9-14(18)15(13)17/h7-9,12,19H,5-6,10-11H2,1-4H3. The molecular weight excluding hydrogens is 261 g/mol. The Hall–Kier alpha value is -0.600. The van der Waals surface area contributed by atoms with Crippen LogP contribution in [-0.2, 0) is 6.42 Å². The highest BCUT2D eigenvalue weighted by Gasteiger charge is 2.27. The summed E-state index contributed by atoms with van der Waals surface area (Å²) in [6, 6.07) is 5.54. The van der Waals surface area contributed by atoms with Gasteiger partial charge in [-0.25, -0.2) is 4.39 Å². The van der Waals surface area contributed by atoms with Gasteiger partial charge < -0.3 is 5.32 Å². The molecule has 0 saturated carbocycles. The van der Waals surface area contributed by atoms with Crippen molar-refractivity contribution in [2.45, 2.75) is 53.0 Å². The number of halogens is 2. The third kappa shape index (κ3) is 4.47. The van der Waals surface area contributed by atoms with Crippen LogP contribution in [0.5, 0.6) is 0 Å². The van der Waals surface area contributed by atoms with Crippen molar-refractivity contribution >= 4 is 11.6 Å². The first-order valence-corrected chi connectivity index (χ1v) is 7.48. The van der Waals surface area contributed by atoms with E-state index < -0.39 is 0 Å². The summed E-state index contributed by atoms with van der Waals surface area (Å²) in [7, 11) is 0. The molecule has 0 amide bonds. The predicted molar refractivity (Wildman–Crippen MR) is 81.3 cm³/mol. The van der Waals surface area contributed by atoms with Crippen molar-refractivity contribution in [2.24, 2.45) is 5.41 Å². The van der Waals surface area contributed by atoms with Crippen molar-refractivity contribution in [3.8, 4) is 0 Å². The fourth-order valence-corrected chi connectivity index (χ4v) is 2.51. The lowest BCUT2D eigenvalue weighted by atomic mass is 9.76. The Morgan fingerprint density at radius 1 is 1.26 bits per heavy atom. The van der Waals surface area contributed by atoms with Crippen LogP contribution in [0.2, 0.25) is 5.02 Å². The smallest absolute Gasteiger partial charge is 0.142 e. The molecule has 1 N–H and O–H groups in total. The third-order valence-electron chi connectivity index (χ3n) is 3.98. The fraction of sp³-hybridized carbons (Fsp3) is 0.625. The molecule has 0 fully saturated rings. The molecule has 0 bridgehead atoms. The third-order valence-corrected chi connectivity index (χ3v) is 4.41. The summed E-state index contributed by atoms with van der Waals surface area (Å²) < 4.78 is 13.5. The van der Waals surface area contributed by atoms with E-state index in [1.165, 1.54) is 6.07 Å². The molecule has 1 nitrogen and oxygen atoms in total. The van der Waals surface area contributed by atoms with Crippen molar-refractivity contribution in [3.05, 3.63) is 34.6 Å². The van der Waals surface area contributed by atoms with E-state index in [0.29, 0.717) is 6.04 Å². The largest absolute Gasteiger partial charge is 0.314 e. The fourth-order valence-electron chi connectivity index (χ4n) is 2.32. The van der Waals surface area contributed by atoms with Gasteiger partial charge in [-0.2, -0.15) is 0 Å². The maximum absolute atomic E-state index is 13.5. The predicted octanol–water partition coefficient (Wildman–Crippen LogP) is 4.83. The highest BCUT2D eigenvalue weighted by atomic mass is 35.5. The molecule has 0 aliphatic rings. The summed E-state index contributed by atoms with van der Waals surface area (Å²) in [6.45, 7) is 9.61. The minimum atomic E-state index is -0.322. The number of hydrogen-bond acceptors (Lipinski definition) is 1. The van der Waals surface area contributed by atoms with Crippen LogP contribution >= 0.6 is 11.6 Å². The van der Waals surface area contributed by atoms with Crippen LogP contribution in [0.1, 0.15) is 46.1 Å². The molecule has 19 heavy (non-hydrogen) atoms. The van der Waals surface area contributed by atoms with Crippen molar-refractivity contribution in [3.63, 3.8) is 0 Å². The Bertz CT molecular complexity index is 400. The molecule has 1 aromatic carbocycles. The maximum Gasteiger partial charge on any atom is 0.142 e. The van der Waals surface area contributed by atoms with Gasteiger partial charge in [0.05, 0.1) is 5.02 Å². The summed E-state index contributed by atoms with van der Waals surface area (Å²) >= 11 is 6.08. The van der Waals surface area contributed by atoms with Crippen LogP contribution in [-0.4, -0.2) is 12.6 Å². The van der Waals surface area contributed by atoms with Crippen molar-refractivity contribution in [1.82, 2.24) is 5.32 Å². The first-order chi connectivity index (χ1) is 8.94. The summed E-state index contributed by atoms with van der Waals surface area (Å²) in [5.74, 6) is -0.322. The van der Waals surface area contributed by atoms with E-state index >= 15 is 0 Å². The molecule has 0 aliphatic carbocycles. The zero-order valence-corrected chi connectivity index (χ0v) is 13.1. The SMILES string of the molecule is CCC(CC)(CNC(C)C)Cc1cccc(F)c1Cl. The number of benzene rings is 1. The van der Waals surface area contributed by atoms with Crippen molar-refractivity contribution < 1.29 is 4.39 Å². The van der Waals surface area contributed by atoms with E-state index in [9.17, 15) is 4.39 Å². The van der Waals surface area contributed by atoms with E-state index in [-0.39, 0.29) is 16.3 Å². The minimum Gasteiger partial charge on any atom is -0.314 e. The minimum absolute atomic E-state index is 0.141. The molecule has 0 aromatic heterocycles. The van der Waals surface area contributed by atoms with E-state index in [4.69, 9.17) is 11.6 Å². The van der Waals surface area contributed by atoms with E-state index in [2.05, 4.69) is 33.0 Å². The molecule has 0 aliphatic heterocycles. The molecule has 0 saturated heterocycles. The van der Waals surface area contributed by atoms with Gasteiger partial charge in [-0.1, -0.05) is 51.4 Å². The van der Waals surface area contributed by atoms with E-state index in [1.54, 1.807) is 6.07 Å². The molecule has 0 heterocycles. The Kier molecular flexibility index (Phi) is 6.28. The lowest BCUT2D eigenvalue weighted by Crippen LogP contribution is -2.38. The van der Waals surface area contributed by atoms with Crippen LogP contribution in [0.25, 0.3) is 0 Å². The second-order valence-corrected chi connectivity index (χ2v) is 6.01. The van der Waals surface area contributed by atoms with Crippen LogP contribution < -0.4 is 5.32 Å². The van der Waals surface area contributed by atoms with Gasteiger partial charge in [0.15, 0.2) is 0 Å². The molecule has 0 atom stereocenters. The van der Waals surface area contributed by atoms with Crippen LogP contribution in [0.3, 0.4) is 0 Å². The summed E-state index contributed by atoms with van der Waals surface area (Å²) in [5.41, 5.74) is 1.05. The van der Waals surface area contributed by atoms with Gasteiger partial charge >= 0.3 is 0 Å². The summed E-state index contributed by atoms with van der Waals surface area (Å²) in [6.07, 6.45) is 2.92. The molecule has 108 valence electrons. The lowest BCUT2D eigenvalue weighted by molar-refractivity contribution is 0.239. The summed E-state index contributed by atoms with van der Waals surface area (Å²) in [4.78, 5) is 0. The quantitative estimate of drug-likeness (QED) is 0.757. The van der Waals surface area contributed by atoms with Gasteiger partial charge in [-0.15, -0.1) is 0 Å². The highest BCUT2D eigenvalue weighted by Crippen LogP contribution is 2.33. The Labute approximate surface area is 121 Å². The molecule has 1 aromatic rings. The highest BCUT2D eigenvalue weighted by molar-refractivity contribution is 6.31. The first-order valence-electron chi connectivity index (χ1n) is 7.10. The van der Waals surface area contributed by atoms with Gasteiger partial charge in [0.2, 0.25) is 0 Å². The maximum atomic E-state index is 13.5. The zero-order valence-electron chi connectivity index (χ0n) is 12.4. The van der Waals surface area contributed by atoms with E-state index in [0.717, 1.165) is 31.4 Å². The van der Waals surface area contributed by atoms with Gasteiger partial charge in [0.1, 0.15) is 5.82 Å². The van der Waals surface area contributed by atoms with Crippen molar-refractivity contribution in [2.75, 3.05) is 6.54 Å². The molecule has 3 heteroatoms. The Morgan fingerprint density at radius 3 is 2.42 bits per heavy atom. The van der Waals surface area contributed by atoms with Crippen molar-refractivity contribution in [1.29, 1.82) is 0 Å². The second-order valence-electron chi connectivity index (χ2n) is 5.63. The summed E-state index contributed by atoms with van der Waals surface area (Å²) in [5, 5.41) is 3.78. The Morgan fingerprint density at radius 2 is 1.89 bits per heavy atom.